The number of rotatable bonds is 7. The van der Waals surface area contributed by atoms with Crippen molar-refractivity contribution in [1.29, 1.82) is 0 Å². The maximum absolute atomic E-state index is 9.35. The minimum absolute atomic E-state index is 0.0777. The Morgan fingerprint density at radius 3 is 2.14 bits per heavy atom. The predicted molar refractivity (Wildman–Crippen MR) is 61.3 cm³/mol. The number of aliphatic hydroxyl groups is 1. The zero-order chi connectivity index (χ0) is 11.1. The second-order valence-electron chi connectivity index (χ2n) is 4.15. The smallest absolute Gasteiger partial charge is 0.0602 e. The van der Waals surface area contributed by atoms with Gasteiger partial charge in [-0.2, -0.15) is 0 Å². The zero-order valence-corrected chi connectivity index (χ0v) is 10.0. The molecule has 0 aromatic carbocycles. The highest BCUT2D eigenvalue weighted by atomic mass is 16.3. The fraction of sp³-hybridized carbons (Fsp3) is 1.00. The molecule has 0 spiro atoms. The minimum Gasteiger partial charge on any atom is -0.395 e. The van der Waals surface area contributed by atoms with Crippen LogP contribution in [0.25, 0.3) is 0 Å². The average Bonchev–Trinajstić information content (AvgIpc) is 2.16. The van der Waals surface area contributed by atoms with Crippen LogP contribution in [0.1, 0.15) is 40.5 Å². The van der Waals surface area contributed by atoms with Crippen LogP contribution in [0.2, 0.25) is 0 Å². The molecule has 0 amide bonds. The quantitative estimate of drug-likeness (QED) is 0.652. The van der Waals surface area contributed by atoms with Crippen LogP contribution in [0.5, 0.6) is 0 Å². The van der Waals surface area contributed by atoms with Crippen molar-refractivity contribution in [1.82, 2.24) is 4.90 Å². The molecular weight excluding hydrogens is 176 g/mol. The van der Waals surface area contributed by atoms with E-state index in [1.165, 1.54) is 0 Å². The molecule has 86 valence electrons. The molecule has 14 heavy (non-hydrogen) atoms. The van der Waals surface area contributed by atoms with Gasteiger partial charge in [0.05, 0.1) is 6.61 Å². The second-order valence-corrected chi connectivity index (χ2v) is 4.15. The van der Waals surface area contributed by atoms with E-state index in [1.54, 1.807) is 0 Å². The molecule has 2 unspecified atom stereocenters. The van der Waals surface area contributed by atoms with Crippen LogP contribution >= 0.6 is 0 Å². The first-order chi connectivity index (χ1) is 6.58. The van der Waals surface area contributed by atoms with E-state index in [0.29, 0.717) is 6.04 Å². The molecule has 0 saturated heterocycles. The molecule has 0 aromatic heterocycles. The van der Waals surface area contributed by atoms with E-state index in [0.717, 1.165) is 19.4 Å². The van der Waals surface area contributed by atoms with Crippen molar-refractivity contribution in [3.8, 4) is 0 Å². The molecule has 0 saturated carbocycles. The van der Waals surface area contributed by atoms with Gasteiger partial charge < -0.3 is 10.8 Å². The molecule has 3 heteroatoms. The summed E-state index contributed by atoms with van der Waals surface area (Å²) in [6, 6.07) is 0.638. The van der Waals surface area contributed by atoms with Crippen LogP contribution < -0.4 is 5.73 Å². The molecule has 0 heterocycles. The summed E-state index contributed by atoms with van der Waals surface area (Å²) in [6.45, 7) is 9.70. The van der Waals surface area contributed by atoms with E-state index < -0.39 is 0 Å². The van der Waals surface area contributed by atoms with Gasteiger partial charge in [0.2, 0.25) is 0 Å². The molecule has 0 aliphatic carbocycles. The fourth-order valence-electron chi connectivity index (χ4n) is 1.82. The number of hydrogen-bond acceptors (Lipinski definition) is 3. The lowest BCUT2D eigenvalue weighted by Gasteiger charge is -2.36. The summed E-state index contributed by atoms with van der Waals surface area (Å²) in [6.07, 6.45) is 2.02. The Hall–Kier alpha value is -0.120. The van der Waals surface area contributed by atoms with Crippen LogP contribution in [0, 0.1) is 0 Å². The van der Waals surface area contributed by atoms with Crippen LogP contribution in [0.15, 0.2) is 0 Å². The fourth-order valence-corrected chi connectivity index (χ4v) is 1.82. The third-order valence-electron chi connectivity index (χ3n) is 2.72. The monoisotopic (exact) mass is 202 g/mol. The molecule has 3 N–H and O–H groups in total. The molecule has 0 bridgehead atoms. The third-order valence-corrected chi connectivity index (χ3v) is 2.72. The van der Waals surface area contributed by atoms with Gasteiger partial charge in [0.15, 0.2) is 0 Å². The van der Waals surface area contributed by atoms with Crippen LogP contribution in [-0.2, 0) is 0 Å². The summed E-state index contributed by atoms with van der Waals surface area (Å²) in [5.41, 5.74) is 6.00. The zero-order valence-electron chi connectivity index (χ0n) is 10.0. The van der Waals surface area contributed by atoms with E-state index >= 15 is 0 Å². The normalized spacial score (nSPS) is 16.3. The molecule has 0 fully saturated rings. The van der Waals surface area contributed by atoms with Gasteiger partial charge in [0.25, 0.3) is 0 Å². The lowest BCUT2D eigenvalue weighted by Crippen LogP contribution is -2.52. The predicted octanol–water partition coefficient (Wildman–Crippen LogP) is 1.21. The van der Waals surface area contributed by atoms with Crippen LogP contribution in [-0.4, -0.2) is 41.3 Å². The molecular formula is C11H26N2O. The summed E-state index contributed by atoms with van der Waals surface area (Å²) in [7, 11) is 0. The van der Waals surface area contributed by atoms with Gasteiger partial charge in [-0.3, -0.25) is 4.90 Å². The van der Waals surface area contributed by atoms with E-state index in [1.807, 2.05) is 0 Å². The van der Waals surface area contributed by atoms with Crippen molar-refractivity contribution >= 4 is 0 Å². The topological polar surface area (TPSA) is 49.5 Å². The number of nitrogens with zero attached hydrogens (tertiary/aromatic N) is 1. The summed E-state index contributed by atoms with van der Waals surface area (Å²) >= 11 is 0. The maximum atomic E-state index is 9.35. The summed E-state index contributed by atoms with van der Waals surface area (Å²) in [4.78, 5) is 2.30. The third kappa shape index (κ3) is 3.95. The van der Waals surface area contributed by atoms with E-state index in [4.69, 9.17) is 5.73 Å². The molecule has 3 nitrogen and oxygen atoms in total. The van der Waals surface area contributed by atoms with Gasteiger partial charge in [0, 0.05) is 18.1 Å². The van der Waals surface area contributed by atoms with Gasteiger partial charge in [-0.05, 0) is 33.2 Å². The van der Waals surface area contributed by atoms with Crippen molar-refractivity contribution in [2.24, 2.45) is 5.73 Å². The van der Waals surface area contributed by atoms with Gasteiger partial charge in [0.1, 0.15) is 0 Å². The van der Waals surface area contributed by atoms with E-state index in [-0.39, 0.29) is 18.7 Å². The van der Waals surface area contributed by atoms with Crippen molar-refractivity contribution in [2.75, 3.05) is 13.2 Å². The molecule has 0 rings (SSSR count). The largest absolute Gasteiger partial charge is 0.395 e. The first kappa shape index (κ1) is 13.9. The Bertz CT molecular complexity index is 139. The molecule has 2 atom stereocenters. The summed E-state index contributed by atoms with van der Waals surface area (Å²) < 4.78 is 0. The Balaban J connectivity index is 4.40. The van der Waals surface area contributed by atoms with Crippen molar-refractivity contribution < 1.29 is 5.11 Å². The van der Waals surface area contributed by atoms with Gasteiger partial charge in [-0.1, -0.05) is 13.8 Å². The van der Waals surface area contributed by atoms with Crippen molar-refractivity contribution in [2.45, 2.75) is 58.7 Å². The van der Waals surface area contributed by atoms with E-state index in [9.17, 15) is 5.11 Å². The Morgan fingerprint density at radius 2 is 1.86 bits per heavy atom. The van der Waals surface area contributed by atoms with Crippen molar-refractivity contribution in [3.05, 3.63) is 0 Å². The number of hydrogen-bond donors (Lipinski definition) is 2. The lowest BCUT2D eigenvalue weighted by molar-refractivity contribution is 0.0774. The molecule has 0 aliphatic heterocycles. The average molecular weight is 202 g/mol. The highest BCUT2D eigenvalue weighted by Crippen LogP contribution is 2.10. The Labute approximate surface area is 88.3 Å². The van der Waals surface area contributed by atoms with E-state index in [2.05, 4.69) is 32.6 Å². The SMILES string of the molecule is CCCN(C(C)C)C(CO)C(N)CC. The first-order valence-corrected chi connectivity index (χ1v) is 5.70. The highest BCUT2D eigenvalue weighted by Gasteiger charge is 2.24. The Kier molecular flexibility index (Phi) is 7.15. The summed E-state index contributed by atoms with van der Waals surface area (Å²) in [5, 5.41) is 9.35. The minimum atomic E-state index is 0.0777. The highest BCUT2D eigenvalue weighted by molar-refractivity contribution is 4.82. The standard InChI is InChI=1S/C11H26N2O/c1-5-7-13(9(3)4)11(8-14)10(12)6-2/h9-11,14H,5-8,12H2,1-4H3. The molecule has 0 aromatic rings. The Morgan fingerprint density at radius 1 is 1.29 bits per heavy atom. The van der Waals surface area contributed by atoms with Gasteiger partial charge >= 0.3 is 0 Å². The van der Waals surface area contributed by atoms with Crippen LogP contribution in [0.3, 0.4) is 0 Å². The number of nitrogens with two attached hydrogens (primary N) is 1. The van der Waals surface area contributed by atoms with Gasteiger partial charge in [-0.15, -0.1) is 0 Å². The summed E-state index contributed by atoms with van der Waals surface area (Å²) in [5.74, 6) is 0. The van der Waals surface area contributed by atoms with Crippen molar-refractivity contribution in [3.63, 3.8) is 0 Å². The second kappa shape index (κ2) is 7.21. The first-order valence-electron chi connectivity index (χ1n) is 5.70. The lowest BCUT2D eigenvalue weighted by atomic mass is 10.0. The maximum Gasteiger partial charge on any atom is 0.0602 e. The number of aliphatic hydroxyl groups excluding tert-OH is 1. The van der Waals surface area contributed by atoms with Gasteiger partial charge in [-0.25, -0.2) is 0 Å². The molecule has 0 aliphatic rings. The molecule has 0 radical (unpaired) electrons. The van der Waals surface area contributed by atoms with Crippen LogP contribution in [0.4, 0.5) is 0 Å².